The van der Waals surface area contributed by atoms with Gasteiger partial charge in [-0.3, -0.25) is 58.0 Å². The van der Waals surface area contributed by atoms with E-state index < -0.39 is 75.4 Å². The fourth-order valence-electron chi connectivity index (χ4n) is 14.5. The van der Waals surface area contributed by atoms with Gasteiger partial charge in [0.1, 0.15) is 0 Å². The zero-order chi connectivity index (χ0) is 82.9. The normalized spacial score (nSPS) is 15.6. The Morgan fingerprint density at radius 2 is 0.757 bits per heavy atom. The number of H-pyrrole nitrogens is 2. The van der Waals surface area contributed by atoms with E-state index in [-0.39, 0.29) is 25.2 Å². The maximum Gasteiger partial charge on any atom is 0.417 e. The molecule has 0 aliphatic carbocycles. The third kappa shape index (κ3) is 31.2. The summed E-state index contributed by atoms with van der Waals surface area (Å²) in [5.74, 6) is -4.01. The number of hydrogen-bond acceptors (Lipinski definition) is 17. The minimum absolute atomic E-state index is 0.0859. The number of carbonyl (C=O) groups is 6. The van der Waals surface area contributed by atoms with Crippen molar-refractivity contribution < 1.29 is 70.4 Å². The van der Waals surface area contributed by atoms with Gasteiger partial charge >= 0.3 is 30.3 Å². The molecule has 6 heterocycles. The molecule has 6 aromatic rings. The van der Waals surface area contributed by atoms with Crippen LogP contribution in [0.2, 0.25) is 0 Å². The molecule has 25 nitrogen and oxygen atoms in total. The number of nitrogens with one attached hydrogen (secondary N) is 5. The number of halogens is 6. The number of carbonyl (C=O) groups excluding carboxylic acids is 3. The summed E-state index contributed by atoms with van der Waals surface area (Å²) < 4.78 is 82.7. The molecule has 3 amide bonds. The van der Waals surface area contributed by atoms with Crippen molar-refractivity contribution in [2.24, 2.45) is 5.73 Å². The smallest absolute Gasteiger partial charge is 0.417 e. The Hall–Kier alpha value is -9.50. The summed E-state index contributed by atoms with van der Waals surface area (Å²) in [5, 5.41) is 34.0. The molecule has 4 saturated heterocycles. The summed E-state index contributed by atoms with van der Waals surface area (Å²) in [7, 11) is 4.06. The largest absolute Gasteiger partial charge is 0.481 e. The highest BCUT2D eigenvalue weighted by Crippen LogP contribution is 2.38. The van der Waals surface area contributed by atoms with E-state index in [0.29, 0.717) is 74.9 Å². The highest BCUT2D eigenvalue weighted by atomic mass is 19.4. The van der Waals surface area contributed by atoms with E-state index in [1.54, 1.807) is 6.07 Å². The van der Waals surface area contributed by atoms with Gasteiger partial charge in [0.25, 0.3) is 11.8 Å². The van der Waals surface area contributed by atoms with Crippen LogP contribution in [0.25, 0.3) is 22.3 Å². The number of carboxylic acid groups (broad SMARTS) is 3. The van der Waals surface area contributed by atoms with E-state index in [1.165, 1.54) is 0 Å². The van der Waals surface area contributed by atoms with E-state index in [2.05, 4.69) is 89.4 Å². The third-order valence-corrected chi connectivity index (χ3v) is 21.2. The van der Waals surface area contributed by atoms with Crippen LogP contribution in [-0.4, -0.2) is 235 Å². The minimum atomic E-state index is -4.89. The molecule has 4 aliphatic rings. The number of carboxylic acids is 3. The van der Waals surface area contributed by atoms with Crippen molar-refractivity contribution in [2.75, 3.05) is 165 Å². The molecule has 2 aromatic heterocycles. The summed E-state index contributed by atoms with van der Waals surface area (Å²) >= 11 is 0. The number of piperazine rings is 4. The molecule has 10 N–H and O–H groups in total. The molecule has 628 valence electrons. The molecule has 4 fully saturated rings. The first kappa shape index (κ1) is 91.0. The average molecular weight is 1610 g/mol. The second-order valence-electron chi connectivity index (χ2n) is 30.1. The lowest BCUT2D eigenvalue weighted by Gasteiger charge is -2.35. The summed E-state index contributed by atoms with van der Waals surface area (Å²) in [6.07, 6.45) is 6.54. The van der Waals surface area contributed by atoms with Crippen molar-refractivity contribution in [1.82, 2.24) is 44.7 Å². The van der Waals surface area contributed by atoms with E-state index in [0.717, 1.165) is 246 Å². The molecule has 0 atom stereocenters. The average Bonchev–Trinajstić information content (AvgIpc) is 1.28. The van der Waals surface area contributed by atoms with Crippen molar-refractivity contribution in [3.05, 3.63) is 164 Å². The number of anilines is 4. The van der Waals surface area contributed by atoms with Gasteiger partial charge in [-0.2, -0.15) is 26.3 Å². The van der Waals surface area contributed by atoms with Gasteiger partial charge in [-0.1, -0.05) is 113 Å². The molecular weight excluding hydrogens is 1490 g/mol. The van der Waals surface area contributed by atoms with Crippen LogP contribution in [0.4, 0.5) is 49.1 Å². The van der Waals surface area contributed by atoms with Crippen LogP contribution in [-0.2, 0) is 44.6 Å². The van der Waals surface area contributed by atoms with Crippen LogP contribution >= 0.6 is 0 Å². The first-order valence-corrected chi connectivity index (χ1v) is 40.2. The van der Waals surface area contributed by atoms with Gasteiger partial charge in [0.2, 0.25) is 17.0 Å². The molecule has 0 spiro atoms. The van der Waals surface area contributed by atoms with Crippen molar-refractivity contribution in [2.45, 2.75) is 141 Å². The van der Waals surface area contributed by atoms with E-state index in [4.69, 9.17) is 21.1 Å². The molecule has 0 bridgehead atoms. The van der Waals surface area contributed by atoms with E-state index in [1.807, 2.05) is 68.7 Å². The molecule has 4 aliphatic heterocycles. The highest BCUT2D eigenvalue weighted by Gasteiger charge is 2.38. The van der Waals surface area contributed by atoms with Crippen molar-refractivity contribution in [3.63, 3.8) is 0 Å². The Balaban J connectivity index is 0.000000250. The number of rotatable bonds is 37. The summed E-state index contributed by atoms with van der Waals surface area (Å²) in [6.45, 7) is 18.0. The number of aromatic amines is 2. The molecule has 0 unspecified atom stereocenters. The maximum atomic E-state index is 13.8. The summed E-state index contributed by atoms with van der Waals surface area (Å²) in [5.41, 5.74) is 7.96. The van der Waals surface area contributed by atoms with E-state index in [9.17, 15) is 64.7 Å². The number of pyridine rings is 2. The quantitative estimate of drug-likeness (QED) is 0.0129. The second kappa shape index (κ2) is 46.3. The Morgan fingerprint density at radius 1 is 0.417 bits per heavy atom. The Bertz CT molecular complexity index is 4210. The van der Waals surface area contributed by atoms with Crippen molar-refractivity contribution >= 4 is 58.4 Å². The van der Waals surface area contributed by atoms with Gasteiger partial charge in [-0.25, -0.2) is 0 Å². The lowest BCUT2D eigenvalue weighted by atomic mass is 10.0. The third-order valence-electron chi connectivity index (χ3n) is 21.2. The minimum Gasteiger partial charge on any atom is -0.481 e. The number of unbranched alkanes of at least 4 members (excludes halogenated alkanes) is 12. The predicted octanol–water partition coefficient (Wildman–Crippen LogP) is 11.7. The van der Waals surface area contributed by atoms with Crippen LogP contribution < -0.4 is 42.6 Å². The number of benzene rings is 4. The Morgan fingerprint density at radius 3 is 1.11 bits per heavy atom. The number of aliphatic carboxylic acids is 3. The Kier molecular flexibility index (Phi) is 36.6. The number of likely N-dealkylation sites (N-methyl/N-ethyl adjacent to an activating group) is 2. The molecule has 0 radical (unpaired) electrons. The number of amides is 3. The SMILES string of the molecule is CN1CCN(c2ccc(-c3cccc(CN4CCN(CCN)CC4)c3)cc2NC(=O)c2c[nH]c(=O)cc2C(F)(F)F)CC1.CN1CCN(c2ccc(-c3cccc(CN4CCN(CCNC(=O)CCCCCCCCCC(=O)O)CC4)c3)cc2NC(=O)c2c[nH]c(=O)cc2C(F)(F)F)CC1.O=C(O)CCCCCCCCCC(=O)O. The second-order valence-corrected chi connectivity index (χ2v) is 30.1. The van der Waals surface area contributed by atoms with Gasteiger partial charge in [-0.15, -0.1) is 0 Å². The van der Waals surface area contributed by atoms with Crippen LogP contribution in [0.3, 0.4) is 0 Å². The first-order valence-electron chi connectivity index (χ1n) is 40.2. The lowest BCUT2D eigenvalue weighted by molar-refractivity contribution is -0.138. The van der Waals surface area contributed by atoms with Crippen LogP contribution in [0.5, 0.6) is 0 Å². The van der Waals surface area contributed by atoms with Crippen LogP contribution in [0, 0.1) is 0 Å². The molecule has 4 aromatic carbocycles. The molecule has 31 heteroatoms. The number of alkyl halides is 6. The molecule has 115 heavy (non-hydrogen) atoms. The summed E-state index contributed by atoms with van der Waals surface area (Å²) in [4.78, 5) is 116. The first-order chi connectivity index (χ1) is 55.1. The van der Waals surface area contributed by atoms with Gasteiger partial charge < -0.3 is 66.6 Å². The highest BCUT2D eigenvalue weighted by molar-refractivity contribution is 6.08. The number of nitrogens with zero attached hydrogens (tertiary/aromatic N) is 8. The standard InChI is InChI=1S/C42H56F3N7O5.C31H38F3N7O2.C11H20O4/c1-49-18-24-52(25-19-49)37-15-14-33(27-36(37)48-41(57)34-29-47-39(54)28-35(34)42(43,44)45)32-11-9-10-31(26-32)30-51-22-20-50(21-23-51)17-16-46-38(53)12-7-5-3-2-4-6-8-13-40(55)56;1-38-9-15-41(16-10-38)28-6-5-24(18-27(28)37-30(43)25-20-36-29(42)19-26(25)31(32,33)34)23-4-2-3-22(17-23)21-40-13-11-39(8-7-35)12-14-40;12-10(13)8-6-4-2-1-3-5-7-9-11(14)15/h9-11,14-15,26-29H,2-8,12-13,16-25,30H2,1H3,(H,46,53)(H,47,54)(H,48,57)(H,55,56);2-6,17-20H,7-16,21,35H2,1H3,(H,36,42)(H,37,43);1-9H2,(H,12,13)(H,14,15). The van der Waals surface area contributed by atoms with Gasteiger partial charge in [0.15, 0.2) is 0 Å². The monoisotopic (exact) mass is 1610 g/mol. The van der Waals surface area contributed by atoms with Crippen LogP contribution in [0.1, 0.15) is 159 Å². The zero-order valence-electron chi connectivity index (χ0n) is 66.2. The van der Waals surface area contributed by atoms with Gasteiger partial charge in [0.05, 0.1) is 45.0 Å². The fraction of sp³-hybridized carbons (Fsp3) is 0.524. The molecule has 0 saturated carbocycles. The predicted molar refractivity (Wildman–Crippen MR) is 435 cm³/mol. The zero-order valence-corrected chi connectivity index (χ0v) is 66.2. The number of nitrogens with two attached hydrogens (primary N) is 1. The number of aromatic nitrogens is 2. The summed E-state index contributed by atoms with van der Waals surface area (Å²) in [6, 6.07) is 28.5. The molecular formula is C84H114F6N14O11. The molecule has 10 rings (SSSR count). The van der Waals surface area contributed by atoms with Crippen LogP contribution in [0.15, 0.2) is 119 Å². The maximum absolute atomic E-state index is 13.8. The Labute approximate surface area is 668 Å². The van der Waals surface area contributed by atoms with Crippen molar-refractivity contribution in [3.8, 4) is 22.3 Å². The lowest BCUT2D eigenvalue weighted by Crippen LogP contribution is -2.48. The number of hydrogen-bond donors (Lipinski definition) is 9. The fourth-order valence-corrected chi connectivity index (χ4v) is 14.5. The topological polar surface area (TPSA) is 317 Å². The van der Waals surface area contributed by atoms with Gasteiger partial charge in [0, 0.05) is 194 Å². The van der Waals surface area contributed by atoms with Gasteiger partial charge in [-0.05, 0) is 110 Å². The van der Waals surface area contributed by atoms with E-state index >= 15 is 0 Å². The van der Waals surface area contributed by atoms with Crippen molar-refractivity contribution in [1.29, 1.82) is 0 Å².